The Labute approximate surface area is 147 Å². The fourth-order valence-electron chi connectivity index (χ4n) is 2.30. The number of ether oxygens (including phenoxy) is 1. The third-order valence-electron chi connectivity index (χ3n) is 3.81. The maximum atomic E-state index is 13.7. The van der Waals surface area contributed by atoms with Crippen LogP contribution >= 0.6 is 11.6 Å². The highest BCUT2D eigenvalue weighted by Crippen LogP contribution is 2.17. The first-order valence-corrected chi connectivity index (χ1v) is 8.23. The van der Waals surface area contributed by atoms with Crippen molar-refractivity contribution in [2.24, 2.45) is 4.99 Å². The Morgan fingerprint density at radius 2 is 2.33 bits per heavy atom. The fraction of sp³-hybridized carbons (Fsp3) is 0.316. The largest absolute Gasteiger partial charge is 0.473 e. The summed E-state index contributed by atoms with van der Waals surface area (Å²) in [7, 11) is 2.12. The van der Waals surface area contributed by atoms with Gasteiger partial charge in [0.05, 0.1) is 0 Å². The van der Waals surface area contributed by atoms with Gasteiger partial charge in [-0.2, -0.15) is 0 Å². The lowest BCUT2D eigenvalue weighted by molar-refractivity contribution is 0.194. The predicted molar refractivity (Wildman–Crippen MR) is 97.8 cm³/mol. The van der Waals surface area contributed by atoms with E-state index in [0.29, 0.717) is 16.5 Å². The molecule has 0 spiro atoms. The average Bonchev–Trinajstić information content (AvgIpc) is 2.57. The number of nitrogens with zero attached hydrogens (tertiary/aromatic N) is 2. The molecule has 128 valence electrons. The van der Waals surface area contributed by atoms with E-state index in [1.54, 1.807) is 18.2 Å². The van der Waals surface area contributed by atoms with Gasteiger partial charge in [-0.25, -0.2) is 9.38 Å². The van der Waals surface area contributed by atoms with Crippen molar-refractivity contribution in [1.82, 2.24) is 4.90 Å². The number of benzene rings is 1. The van der Waals surface area contributed by atoms with Crippen LogP contribution in [0.5, 0.6) is 0 Å². The highest BCUT2D eigenvalue weighted by Gasteiger charge is 2.06. The summed E-state index contributed by atoms with van der Waals surface area (Å²) < 4.78 is 19.2. The predicted octanol–water partition coefficient (Wildman–Crippen LogP) is 4.75. The molecule has 1 aromatic carbocycles. The number of aliphatic imine (C=N–C) groups is 1. The number of halogens is 2. The van der Waals surface area contributed by atoms with Crippen LogP contribution in [0.1, 0.15) is 18.4 Å². The first-order chi connectivity index (χ1) is 11.6. The first-order valence-electron chi connectivity index (χ1n) is 7.85. The van der Waals surface area contributed by atoms with Gasteiger partial charge in [0.15, 0.2) is 0 Å². The van der Waals surface area contributed by atoms with Crippen LogP contribution in [0.15, 0.2) is 59.0 Å². The zero-order chi connectivity index (χ0) is 17.4. The van der Waals surface area contributed by atoms with Crippen molar-refractivity contribution in [3.63, 3.8) is 0 Å². The van der Waals surface area contributed by atoms with Crippen LogP contribution < -0.4 is 0 Å². The van der Waals surface area contributed by atoms with Gasteiger partial charge in [-0.3, -0.25) is 0 Å². The molecule has 0 atom stereocenters. The van der Waals surface area contributed by atoms with Crippen molar-refractivity contribution in [3.8, 4) is 0 Å². The standard InChI is InChI=1S/C19H22ClFN2O/c1-22-19(24-14-16-7-8-17(20)13-18(16)21)6-4-3-5-15-9-11-23(2)12-10-15/h3-4,6-9,13H,1,5,10-12,14H2,2H3/b4-3-,19-6+. The molecule has 0 aliphatic carbocycles. The summed E-state index contributed by atoms with van der Waals surface area (Å²) in [5, 5.41) is 0.361. The van der Waals surface area contributed by atoms with Gasteiger partial charge >= 0.3 is 0 Å². The first kappa shape index (κ1) is 18.4. The molecule has 0 N–H and O–H groups in total. The maximum absolute atomic E-state index is 13.7. The highest BCUT2D eigenvalue weighted by molar-refractivity contribution is 6.30. The summed E-state index contributed by atoms with van der Waals surface area (Å²) in [6, 6.07) is 4.49. The average molecular weight is 349 g/mol. The number of hydrogen-bond donors (Lipinski definition) is 0. The van der Waals surface area contributed by atoms with E-state index in [2.05, 4.69) is 35.8 Å². The van der Waals surface area contributed by atoms with Crippen molar-refractivity contribution in [3.05, 3.63) is 70.4 Å². The lowest BCUT2D eigenvalue weighted by atomic mass is 10.1. The molecule has 0 amide bonds. The summed E-state index contributed by atoms with van der Waals surface area (Å²) in [4.78, 5) is 6.10. The Hall–Kier alpha value is -1.91. The second kappa shape index (κ2) is 9.40. The molecule has 0 fully saturated rings. The molecule has 0 saturated heterocycles. The Morgan fingerprint density at radius 1 is 1.50 bits per heavy atom. The van der Waals surface area contributed by atoms with Crippen molar-refractivity contribution in [1.29, 1.82) is 0 Å². The maximum Gasteiger partial charge on any atom is 0.212 e. The van der Waals surface area contributed by atoms with Gasteiger partial charge in [0.25, 0.3) is 0 Å². The molecule has 0 saturated carbocycles. The number of likely N-dealkylation sites (N-methyl/N-ethyl adjacent to an activating group) is 1. The van der Waals surface area contributed by atoms with E-state index < -0.39 is 5.82 Å². The van der Waals surface area contributed by atoms with E-state index in [-0.39, 0.29) is 6.61 Å². The van der Waals surface area contributed by atoms with Crippen LogP contribution in [0.4, 0.5) is 4.39 Å². The molecule has 1 aliphatic rings. The third kappa shape index (κ3) is 5.95. The SMILES string of the molecule is C=N/C(=C\C=C/CC1=CCN(C)CC1)OCc1ccc(Cl)cc1F. The van der Waals surface area contributed by atoms with Crippen LogP contribution in [0.3, 0.4) is 0 Å². The van der Waals surface area contributed by atoms with E-state index >= 15 is 0 Å². The van der Waals surface area contributed by atoms with Gasteiger partial charge in [-0.05, 0) is 44.8 Å². The minimum Gasteiger partial charge on any atom is -0.473 e. The molecule has 24 heavy (non-hydrogen) atoms. The van der Waals surface area contributed by atoms with E-state index in [9.17, 15) is 4.39 Å². The van der Waals surface area contributed by atoms with Crippen LogP contribution in [0, 0.1) is 5.82 Å². The van der Waals surface area contributed by atoms with Crippen molar-refractivity contribution in [2.75, 3.05) is 20.1 Å². The Bertz CT molecular complexity index is 667. The number of hydrogen-bond acceptors (Lipinski definition) is 3. The number of allylic oxidation sites excluding steroid dienone is 3. The van der Waals surface area contributed by atoms with E-state index in [1.165, 1.54) is 11.6 Å². The monoisotopic (exact) mass is 348 g/mol. The smallest absolute Gasteiger partial charge is 0.212 e. The zero-order valence-corrected chi connectivity index (χ0v) is 14.6. The molecular weight excluding hydrogens is 327 g/mol. The van der Waals surface area contributed by atoms with Crippen molar-refractivity contribution < 1.29 is 9.13 Å². The lowest BCUT2D eigenvalue weighted by Crippen LogP contribution is -2.23. The molecule has 0 bridgehead atoms. The summed E-state index contributed by atoms with van der Waals surface area (Å²) in [6.07, 6.45) is 9.97. The lowest BCUT2D eigenvalue weighted by Gasteiger charge is -2.21. The Kier molecular flexibility index (Phi) is 7.22. The second-order valence-electron chi connectivity index (χ2n) is 5.69. The summed E-state index contributed by atoms with van der Waals surface area (Å²) in [5.41, 5.74) is 1.87. The molecule has 1 aromatic rings. The molecular formula is C19H22ClFN2O. The molecule has 1 aliphatic heterocycles. The van der Waals surface area contributed by atoms with Crippen LogP contribution in [-0.2, 0) is 11.3 Å². The van der Waals surface area contributed by atoms with E-state index in [4.69, 9.17) is 16.3 Å². The van der Waals surface area contributed by atoms with Gasteiger partial charge in [0.1, 0.15) is 12.4 Å². The molecule has 5 heteroatoms. The van der Waals surface area contributed by atoms with Gasteiger partial charge in [-0.15, -0.1) is 0 Å². The van der Waals surface area contributed by atoms with Crippen molar-refractivity contribution in [2.45, 2.75) is 19.4 Å². The van der Waals surface area contributed by atoms with Crippen LogP contribution in [0.2, 0.25) is 5.02 Å². The fourth-order valence-corrected chi connectivity index (χ4v) is 2.46. The van der Waals surface area contributed by atoms with Gasteiger partial charge in [0.2, 0.25) is 5.88 Å². The van der Waals surface area contributed by atoms with Gasteiger partial charge in [-0.1, -0.05) is 41.5 Å². The molecule has 0 radical (unpaired) electrons. The van der Waals surface area contributed by atoms with Gasteiger partial charge in [0, 0.05) is 23.7 Å². The topological polar surface area (TPSA) is 24.8 Å². The van der Waals surface area contributed by atoms with Gasteiger partial charge < -0.3 is 9.64 Å². The molecule has 1 heterocycles. The summed E-state index contributed by atoms with van der Waals surface area (Å²) in [5.74, 6) is -0.0337. The van der Waals surface area contributed by atoms with Crippen molar-refractivity contribution >= 4 is 18.3 Å². The summed E-state index contributed by atoms with van der Waals surface area (Å²) >= 11 is 5.73. The zero-order valence-electron chi connectivity index (χ0n) is 13.8. The number of rotatable bonds is 7. The normalized spacial score (nSPS) is 16.3. The van der Waals surface area contributed by atoms with Crippen LogP contribution in [-0.4, -0.2) is 31.8 Å². The minimum atomic E-state index is -0.393. The third-order valence-corrected chi connectivity index (χ3v) is 4.04. The molecule has 0 aromatic heterocycles. The molecule has 2 rings (SSSR count). The quantitative estimate of drug-likeness (QED) is 0.307. The molecule has 0 unspecified atom stereocenters. The van der Waals surface area contributed by atoms with E-state index in [0.717, 1.165) is 25.9 Å². The minimum absolute atomic E-state index is 0.0825. The Morgan fingerprint density at radius 3 is 3.00 bits per heavy atom. The highest BCUT2D eigenvalue weighted by atomic mass is 35.5. The second-order valence-corrected chi connectivity index (χ2v) is 6.13. The van der Waals surface area contributed by atoms with E-state index in [1.807, 2.05) is 6.08 Å². The molecule has 3 nitrogen and oxygen atoms in total. The Balaban J connectivity index is 1.85. The van der Waals surface area contributed by atoms with Crippen LogP contribution in [0.25, 0.3) is 0 Å². The summed E-state index contributed by atoms with van der Waals surface area (Å²) in [6.45, 7) is 5.67.